The summed E-state index contributed by atoms with van der Waals surface area (Å²) >= 11 is 0. The Morgan fingerprint density at radius 1 is 0.750 bits per heavy atom. The molecule has 3 amide bonds. The Kier molecular flexibility index (Phi) is 17.6. The summed E-state index contributed by atoms with van der Waals surface area (Å²) in [6.45, 7) is 7.48. The highest BCUT2D eigenvalue weighted by atomic mass is 32.2. The van der Waals surface area contributed by atoms with Crippen molar-refractivity contribution < 1.29 is 60.8 Å². The van der Waals surface area contributed by atoms with Crippen LogP contribution in [0.3, 0.4) is 0 Å². The van der Waals surface area contributed by atoms with Crippen molar-refractivity contribution in [1.82, 2.24) is 28.9 Å². The Hall–Kier alpha value is -6.94. The Morgan fingerprint density at radius 2 is 1.36 bits per heavy atom. The number of piperidine rings is 1. The van der Waals surface area contributed by atoms with Gasteiger partial charge in [-0.1, -0.05) is 18.7 Å². The van der Waals surface area contributed by atoms with Gasteiger partial charge in [0, 0.05) is 76.8 Å². The lowest BCUT2D eigenvalue weighted by Crippen LogP contribution is -2.51. The number of nitrogens with zero attached hydrogens (tertiary/aromatic N) is 5. The number of unbranched alkanes of at least 4 members (excludes halogenated alkanes) is 2. The number of rotatable bonds is 28. The number of hydrogen-bond acceptors (Lipinski definition) is 15. The van der Waals surface area contributed by atoms with Crippen LogP contribution in [0.25, 0.3) is 11.0 Å². The minimum Gasteiger partial charge on any atom is -0.486 e. The number of Topliss-reactive ketones (excluding diaryl/α,β-unsaturated/α-hetero) is 2. The SMILES string of the molecule is C=C1CCC(N2C(=O)c3cccc(OCC(=O)CCCCOCCOCCOCCCCC(=O)COc4cccc(Oc5cc6c(cc5CS(=O)(=O)c5cn(C)c(C)n5)n(C)c(=O)n6C)c4)c3C2=O)C(=O)N1. The van der Waals surface area contributed by atoms with Gasteiger partial charge in [0.1, 0.15) is 48.1 Å². The van der Waals surface area contributed by atoms with Crippen molar-refractivity contribution in [2.24, 2.45) is 21.1 Å². The van der Waals surface area contributed by atoms with E-state index in [2.05, 4.69) is 16.9 Å². The predicted octanol–water partition coefficient (Wildman–Crippen LogP) is 5.06. The number of nitrogens with one attached hydrogen (secondary N) is 1. The number of aryl methyl sites for hydroxylation is 4. The van der Waals surface area contributed by atoms with Crippen molar-refractivity contribution in [3.8, 4) is 23.0 Å². The lowest BCUT2D eigenvalue weighted by atomic mass is 10.0. The maximum absolute atomic E-state index is 13.5. The molecule has 4 heterocycles. The molecule has 0 bridgehead atoms. The maximum atomic E-state index is 13.5. The van der Waals surface area contributed by atoms with Crippen LogP contribution >= 0.6 is 0 Å². The molecule has 0 radical (unpaired) electrons. The molecule has 0 saturated carbocycles. The molecule has 1 N–H and O–H groups in total. The van der Waals surface area contributed by atoms with Gasteiger partial charge in [-0.15, -0.1) is 0 Å². The molecule has 0 aliphatic carbocycles. The molecule has 384 valence electrons. The average Bonchev–Trinajstić information content (AvgIpc) is 3.91. The number of amides is 3. The molecule has 1 fully saturated rings. The minimum absolute atomic E-state index is 0.0524. The van der Waals surface area contributed by atoms with Gasteiger partial charge in [-0.3, -0.25) is 38.0 Å². The van der Waals surface area contributed by atoms with Crippen LogP contribution in [0, 0.1) is 6.92 Å². The van der Waals surface area contributed by atoms with Crippen molar-refractivity contribution in [3.63, 3.8) is 0 Å². The van der Waals surface area contributed by atoms with E-state index in [0.717, 1.165) is 4.90 Å². The van der Waals surface area contributed by atoms with Crippen molar-refractivity contribution in [2.75, 3.05) is 52.9 Å². The van der Waals surface area contributed by atoms with Crippen LogP contribution in [-0.4, -0.2) is 120 Å². The number of hydrogen-bond donors (Lipinski definition) is 1. The van der Waals surface area contributed by atoms with Crippen LogP contribution in [0.5, 0.6) is 23.0 Å². The number of sulfone groups is 1. The summed E-state index contributed by atoms with van der Waals surface area (Å²) in [5.41, 5.74) is 1.88. The van der Waals surface area contributed by atoms with E-state index in [-0.39, 0.29) is 71.0 Å². The van der Waals surface area contributed by atoms with E-state index in [9.17, 15) is 37.2 Å². The smallest absolute Gasteiger partial charge is 0.328 e. The third-order valence-corrected chi connectivity index (χ3v) is 13.8. The van der Waals surface area contributed by atoms with E-state index in [0.29, 0.717) is 118 Å². The lowest BCUT2D eigenvalue weighted by molar-refractivity contribution is -0.125. The van der Waals surface area contributed by atoms with Gasteiger partial charge in [0.05, 0.1) is 54.3 Å². The Bertz CT molecular complexity index is 3010. The zero-order valence-corrected chi connectivity index (χ0v) is 41.8. The monoisotopic (exact) mass is 1010 g/mol. The number of carbonyl (C=O) groups is 5. The molecule has 20 nitrogen and oxygen atoms in total. The normalized spacial score (nSPS) is 14.8. The van der Waals surface area contributed by atoms with Gasteiger partial charge < -0.3 is 38.3 Å². The van der Waals surface area contributed by atoms with Crippen molar-refractivity contribution in [3.05, 3.63) is 106 Å². The second kappa shape index (κ2) is 24.0. The molecule has 21 heteroatoms. The summed E-state index contributed by atoms with van der Waals surface area (Å²) in [7, 11) is 1.07. The summed E-state index contributed by atoms with van der Waals surface area (Å²) in [4.78, 5) is 82.0. The van der Waals surface area contributed by atoms with Gasteiger partial charge in [0.2, 0.25) is 15.7 Å². The summed E-state index contributed by atoms with van der Waals surface area (Å²) < 4.78 is 66.1. The molecule has 2 aliphatic heterocycles. The fourth-order valence-electron chi connectivity index (χ4n) is 8.23. The summed E-state index contributed by atoms with van der Waals surface area (Å²) in [5.74, 6) is -0.696. The second-order valence-electron chi connectivity index (χ2n) is 17.6. The summed E-state index contributed by atoms with van der Waals surface area (Å²) in [6, 6.07) is 13.6. The third-order valence-electron chi connectivity index (χ3n) is 12.3. The number of allylic oxidation sites excluding steroid dienone is 1. The van der Waals surface area contributed by atoms with Crippen LogP contribution in [0.4, 0.5) is 0 Å². The fourth-order valence-corrected chi connectivity index (χ4v) is 9.60. The number of aromatic nitrogens is 4. The first-order valence-corrected chi connectivity index (χ1v) is 25.4. The number of imide groups is 1. The quantitative estimate of drug-likeness (QED) is 0.0510. The second-order valence-corrected chi connectivity index (χ2v) is 19.6. The van der Waals surface area contributed by atoms with Gasteiger partial charge in [-0.05, 0) is 75.8 Å². The van der Waals surface area contributed by atoms with E-state index in [1.807, 2.05) is 0 Å². The topological polar surface area (TPSA) is 235 Å². The number of ether oxygens (including phenoxy) is 6. The van der Waals surface area contributed by atoms with Gasteiger partial charge in [0.25, 0.3) is 11.8 Å². The number of imidazole rings is 2. The van der Waals surface area contributed by atoms with Crippen LogP contribution in [0.2, 0.25) is 0 Å². The first kappa shape index (κ1) is 52.9. The van der Waals surface area contributed by atoms with Gasteiger partial charge >= 0.3 is 5.69 Å². The molecule has 1 unspecified atom stereocenters. The van der Waals surface area contributed by atoms with E-state index in [1.165, 1.54) is 27.5 Å². The molecule has 72 heavy (non-hydrogen) atoms. The summed E-state index contributed by atoms with van der Waals surface area (Å²) in [5, 5.41) is 2.54. The molecule has 2 aromatic heterocycles. The third kappa shape index (κ3) is 12.9. The molecule has 5 aromatic rings. The largest absolute Gasteiger partial charge is 0.486 e. The van der Waals surface area contributed by atoms with Gasteiger partial charge in [-0.2, -0.15) is 0 Å². The van der Waals surface area contributed by atoms with E-state index in [1.54, 1.807) is 75.1 Å². The highest BCUT2D eigenvalue weighted by Gasteiger charge is 2.45. The van der Waals surface area contributed by atoms with E-state index in [4.69, 9.17) is 28.4 Å². The van der Waals surface area contributed by atoms with Crippen LogP contribution < -0.4 is 25.2 Å². The Morgan fingerprint density at radius 3 is 2.00 bits per heavy atom. The van der Waals surface area contributed by atoms with Crippen molar-refractivity contribution in [1.29, 1.82) is 0 Å². The average molecular weight is 1010 g/mol. The Balaban J connectivity index is 0.721. The van der Waals surface area contributed by atoms with Crippen molar-refractivity contribution >= 4 is 50.2 Å². The molecule has 7 rings (SSSR count). The van der Waals surface area contributed by atoms with E-state index < -0.39 is 39.4 Å². The van der Waals surface area contributed by atoms with Crippen LogP contribution in [-0.2, 0) is 65.3 Å². The molecule has 1 atom stereocenters. The molecule has 1 saturated heterocycles. The van der Waals surface area contributed by atoms with E-state index >= 15 is 0 Å². The lowest BCUT2D eigenvalue weighted by Gasteiger charge is -2.29. The molecule has 3 aromatic carbocycles. The number of carbonyl (C=O) groups excluding carboxylic acids is 5. The van der Waals surface area contributed by atoms with Gasteiger partial charge in [-0.25, -0.2) is 18.2 Å². The first-order chi connectivity index (χ1) is 34.5. The molecule has 0 spiro atoms. The van der Waals surface area contributed by atoms with Gasteiger partial charge in [0.15, 0.2) is 16.6 Å². The van der Waals surface area contributed by atoms with Crippen LogP contribution in [0.15, 0.2) is 82.9 Å². The molecular weight excluding hydrogens is 953 g/mol. The maximum Gasteiger partial charge on any atom is 0.328 e. The summed E-state index contributed by atoms with van der Waals surface area (Å²) in [6.07, 6.45) is 5.26. The zero-order chi connectivity index (χ0) is 51.5. The number of benzene rings is 3. The zero-order valence-electron chi connectivity index (χ0n) is 40.9. The highest BCUT2D eigenvalue weighted by molar-refractivity contribution is 7.90. The number of ketones is 2. The van der Waals surface area contributed by atoms with Crippen molar-refractivity contribution in [2.45, 2.75) is 75.1 Å². The molecule has 2 aliphatic rings. The molecular formula is C51H60N6O14S. The standard InChI is InChI=1S/C51H60N6O14S/c1-33-18-19-41(48(60)52-33)57-49(61)40-16-11-17-44(47(40)50(57)62)70-31-37(59)13-7-9-21-67-23-25-68-24-22-66-20-8-6-12-36(58)30-69-38-14-10-15-39(27-38)71-45-28-43-42(55(4)51(63)56(43)5)26-35(45)32-72(64,65)46-29-54(3)34(2)53-46/h10-11,14-17,26-29,41H,1,6-9,12-13,18-25,30-32H2,2-5H3,(H,52,60). The first-order valence-electron chi connectivity index (χ1n) is 23.7. The minimum atomic E-state index is -3.89. The number of fused-ring (bicyclic) bond motifs is 2. The highest BCUT2D eigenvalue weighted by Crippen LogP contribution is 2.35. The Labute approximate surface area is 416 Å². The fraction of sp³-hybridized carbons (Fsp3) is 0.431. The predicted molar refractivity (Wildman–Crippen MR) is 262 cm³/mol. The van der Waals surface area contributed by atoms with Crippen LogP contribution in [0.1, 0.15) is 83.5 Å².